The summed E-state index contributed by atoms with van der Waals surface area (Å²) in [6.45, 7) is 0. The third-order valence-corrected chi connectivity index (χ3v) is 3.70. The van der Waals surface area contributed by atoms with Gasteiger partial charge in [-0.05, 0) is 27.6 Å². The van der Waals surface area contributed by atoms with Gasteiger partial charge in [-0.3, -0.25) is 4.79 Å². The van der Waals surface area contributed by atoms with Gasteiger partial charge in [-0.15, -0.1) is 0 Å². The molecule has 88 valence electrons. The van der Waals surface area contributed by atoms with Gasteiger partial charge in [-0.25, -0.2) is 0 Å². The number of benzene rings is 3. The monoisotopic (exact) mass is 298 g/mol. The van der Waals surface area contributed by atoms with Crippen molar-refractivity contribution in [3.05, 3.63) is 60.2 Å². The third-order valence-electron chi connectivity index (χ3n) is 3.19. The molecule has 0 atom stereocenters. The minimum absolute atomic E-state index is 0.116. The van der Waals surface area contributed by atoms with E-state index in [0.717, 1.165) is 10.9 Å². The number of halogens is 1. The van der Waals surface area contributed by atoms with E-state index in [9.17, 15) is 4.79 Å². The molecule has 0 radical (unpaired) electrons. The Morgan fingerprint density at radius 1 is 0.889 bits per heavy atom. The van der Waals surface area contributed by atoms with E-state index in [2.05, 4.69) is 40.2 Å². The fraction of sp³-hybridized carbons (Fsp3) is 0.0625. The Kier molecular flexibility index (Phi) is 2.88. The van der Waals surface area contributed by atoms with E-state index in [-0.39, 0.29) is 5.78 Å². The Hall–Kier alpha value is -1.67. The minimum atomic E-state index is 0.116. The summed E-state index contributed by atoms with van der Waals surface area (Å²) in [7, 11) is 0. The van der Waals surface area contributed by atoms with Gasteiger partial charge in [-0.2, -0.15) is 0 Å². The molecule has 0 saturated heterocycles. The van der Waals surface area contributed by atoms with Crippen molar-refractivity contribution in [3.8, 4) is 0 Å². The molecule has 0 spiro atoms. The predicted octanol–water partition coefficient (Wildman–Crippen LogP) is 4.57. The number of hydrogen-bond donors (Lipinski definition) is 0. The highest BCUT2D eigenvalue weighted by Crippen LogP contribution is 2.26. The second-order valence-electron chi connectivity index (χ2n) is 4.28. The zero-order valence-corrected chi connectivity index (χ0v) is 11.3. The van der Waals surface area contributed by atoms with Crippen LogP contribution >= 0.6 is 15.9 Å². The van der Waals surface area contributed by atoms with Crippen LogP contribution in [0.2, 0.25) is 0 Å². The summed E-state index contributed by atoms with van der Waals surface area (Å²) in [6.07, 6.45) is 0. The normalized spacial score (nSPS) is 10.9. The third kappa shape index (κ3) is 1.83. The van der Waals surface area contributed by atoms with Gasteiger partial charge in [0.2, 0.25) is 0 Å². The molecule has 3 rings (SSSR count). The highest BCUT2D eigenvalue weighted by atomic mass is 79.9. The van der Waals surface area contributed by atoms with Gasteiger partial charge in [0.1, 0.15) is 0 Å². The SMILES string of the molecule is O=C(CBr)c1ccc2c(ccc3ccccc32)c1. The fourth-order valence-electron chi connectivity index (χ4n) is 2.26. The molecule has 0 unspecified atom stereocenters. The Morgan fingerprint density at radius 3 is 2.44 bits per heavy atom. The van der Waals surface area contributed by atoms with Gasteiger partial charge in [0, 0.05) is 5.56 Å². The molecule has 0 amide bonds. The van der Waals surface area contributed by atoms with Crippen LogP contribution in [-0.4, -0.2) is 11.1 Å². The lowest BCUT2D eigenvalue weighted by Gasteiger charge is -2.05. The Balaban J connectivity index is 2.31. The van der Waals surface area contributed by atoms with Crippen LogP contribution in [0.5, 0.6) is 0 Å². The van der Waals surface area contributed by atoms with E-state index >= 15 is 0 Å². The molecule has 0 aliphatic heterocycles. The molecular formula is C16H11BrO. The quantitative estimate of drug-likeness (QED) is 0.385. The molecule has 3 aromatic carbocycles. The average Bonchev–Trinajstić information content (AvgIpc) is 2.45. The molecule has 18 heavy (non-hydrogen) atoms. The molecule has 0 bridgehead atoms. The first-order valence-corrected chi connectivity index (χ1v) is 6.92. The first kappa shape index (κ1) is 11.4. The topological polar surface area (TPSA) is 17.1 Å². The van der Waals surface area contributed by atoms with Crippen LogP contribution in [0.15, 0.2) is 54.6 Å². The van der Waals surface area contributed by atoms with Crippen LogP contribution in [0, 0.1) is 0 Å². The van der Waals surface area contributed by atoms with E-state index in [0.29, 0.717) is 5.33 Å². The second kappa shape index (κ2) is 4.54. The summed E-state index contributed by atoms with van der Waals surface area (Å²) in [5, 5.41) is 5.13. The molecule has 0 aliphatic rings. The molecule has 0 aliphatic carbocycles. The van der Waals surface area contributed by atoms with E-state index < -0.39 is 0 Å². The van der Waals surface area contributed by atoms with Crippen molar-refractivity contribution < 1.29 is 4.79 Å². The predicted molar refractivity (Wildman–Crippen MR) is 79.6 cm³/mol. The summed E-state index contributed by atoms with van der Waals surface area (Å²) < 4.78 is 0. The maximum Gasteiger partial charge on any atom is 0.173 e. The Morgan fingerprint density at radius 2 is 1.61 bits per heavy atom. The van der Waals surface area contributed by atoms with E-state index in [1.54, 1.807) is 0 Å². The molecule has 0 heterocycles. The smallest absolute Gasteiger partial charge is 0.173 e. The van der Waals surface area contributed by atoms with Crippen LogP contribution in [0.3, 0.4) is 0 Å². The van der Waals surface area contributed by atoms with Gasteiger partial charge < -0.3 is 0 Å². The van der Waals surface area contributed by atoms with Crippen LogP contribution in [-0.2, 0) is 0 Å². The number of Topliss-reactive ketones (excluding diaryl/α,β-unsaturated/α-hetero) is 1. The Bertz CT molecular complexity index is 746. The van der Waals surface area contributed by atoms with Gasteiger partial charge >= 0.3 is 0 Å². The lowest BCUT2D eigenvalue weighted by Crippen LogP contribution is -1.99. The summed E-state index contributed by atoms with van der Waals surface area (Å²) in [4.78, 5) is 11.7. The second-order valence-corrected chi connectivity index (χ2v) is 4.84. The van der Waals surface area contributed by atoms with Gasteiger partial charge in [0.05, 0.1) is 5.33 Å². The molecular weight excluding hydrogens is 288 g/mol. The van der Waals surface area contributed by atoms with Crippen LogP contribution in [0.4, 0.5) is 0 Å². The van der Waals surface area contributed by atoms with Crippen LogP contribution < -0.4 is 0 Å². The number of ketones is 1. The molecule has 0 N–H and O–H groups in total. The highest BCUT2D eigenvalue weighted by molar-refractivity contribution is 9.09. The van der Waals surface area contributed by atoms with Crippen molar-refractivity contribution in [2.45, 2.75) is 0 Å². The first-order valence-electron chi connectivity index (χ1n) is 5.80. The van der Waals surface area contributed by atoms with E-state index in [1.165, 1.54) is 16.2 Å². The molecule has 0 aromatic heterocycles. The first-order chi connectivity index (χ1) is 8.79. The van der Waals surface area contributed by atoms with E-state index in [4.69, 9.17) is 0 Å². The van der Waals surface area contributed by atoms with Crippen molar-refractivity contribution >= 4 is 43.3 Å². The number of carbonyl (C=O) groups is 1. The van der Waals surface area contributed by atoms with Crippen molar-refractivity contribution in [1.82, 2.24) is 0 Å². The fourth-order valence-corrected chi connectivity index (χ4v) is 2.59. The van der Waals surface area contributed by atoms with Crippen molar-refractivity contribution in [3.63, 3.8) is 0 Å². The van der Waals surface area contributed by atoms with Crippen molar-refractivity contribution in [1.29, 1.82) is 0 Å². The van der Waals surface area contributed by atoms with Crippen LogP contribution in [0.25, 0.3) is 21.5 Å². The largest absolute Gasteiger partial charge is 0.293 e. The number of hydrogen-bond acceptors (Lipinski definition) is 1. The summed E-state index contributed by atoms with van der Waals surface area (Å²) >= 11 is 3.21. The van der Waals surface area contributed by atoms with Gasteiger partial charge in [0.15, 0.2) is 5.78 Å². The number of carbonyl (C=O) groups excluding carboxylic acids is 1. The maximum atomic E-state index is 11.7. The van der Waals surface area contributed by atoms with E-state index in [1.807, 2.05) is 30.3 Å². The van der Waals surface area contributed by atoms with Crippen LogP contribution in [0.1, 0.15) is 10.4 Å². The lowest BCUT2D eigenvalue weighted by molar-refractivity contribution is 0.102. The lowest BCUT2D eigenvalue weighted by atomic mass is 9.99. The zero-order chi connectivity index (χ0) is 12.5. The minimum Gasteiger partial charge on any atom is -0.293 e. The maximum absolute atomic E-state index is 11.7. The summed E-state index contributed by atoms with van der Waals surface area (Å²) in [5.41, 5.74) is 0.759. The highest BCUT2D eigenvalue weighted by Gasteiger charge is 2.06. The number of fused-ring (bicyclic) bond motifs is 3. The summed E-state index contributed by atoms with van der Waals surface area (Å²) in [6, 6.07) is 18.4. The van der Waals surface area contributed by atoms with Gasteiger partial charge in [0.25, 0.3) is 0 Å². The average molecular weight is 299 g/mol. The molecule has 0 fully saturated rings. The molecule has 2 heteroatoms. The number of alkyl halides is 1. The molecule has 3 aromatic rings. The number of rotatable bonds is 2. The summed E-state index contributed by atoms with van der Waals surface area (Å²) in [5.74, 6) is 0.116. The Labute approximate surface area is 114 Å². The standard InChI is InChI=1S/C16H11BrO/c17-10-16(18)13-7-8-15-12(9-13)6-5-11-3-1-2-4-14(11)15/h1-9H,10H2. The van der Waals surface area contributed by atoms with Gasteiger partial charge in [-0.1, -0.05) is 64.5 Å². The van der Waals surface area contributed by atoms with Crippen molar-refractivity contribution in [2.75, 3.05) is 5.33 Å². The molecule has 0 saturated carbocycles. The molecule has 1 nitrogen and oxygen atoms in total. The van der Waals surface area contributed by atoms with Crippen molar-refractivity contribution in [2.24, 2.45) is 0 Å². The zero-order valence-electron chi connectivity index (χ0n) is 9.69.